The van der Waals surface area contributed by atoms with E-state index in [2.05, 4.69) is 5.32 Å². The number of hydrogen-bond donors (Lipinski definition) is 2. The van der Waals surface area contributed by atoms with E-state index in [1.807, 2.05) is 0 Å². The highest BCUT2D eigenvalue weighted by atomic mass is 32.2. The summed E-state index contributed by atoms with van der Waals surface area (Å²) in [5, 5.41) is 7.75. The van der Waals surface area contributed by atoms with E-state index in [0.29, 0.717) is 6.61 Å². The molecule has 1 fully saturated rings. The molecule has 5 nitrogen and oxygen atoms in total. The number of benzene rings is 1. The molecule has 22 heavy (non-hydrogen) atoms. The first-order valence-electron chi connectivity index (χ1n) is 6.71. The Kier molecular flexibility index (Phi) is 4.69. The molecule has 0 radical (unpaired) electrons. The number of nitrogens with one attached hydrogen (secondary N) is 1. The molecule has 0 bridgehead atoms. The first-order chi connectivity index (χ1) is 10.1. The molecular formula is C13H17F3N2O3S. The first-order valence-corrected chi connectivity index (χ1v) is 8.26. The van der Waals surface area contributed by atoms with Gasteiger partial charge in [-0.05, 0) is 38.0 Å². The summed E-state index contributed by atoms with van der Waals surface area (Å²) in [5.74, 6) is 0. The lowest BCUT2D eigenvalue weighted by Crippen LogP contribution is -2.30. The van der Waals surface area contributed by atoms with E-state index in [4.69, 9.17) is 9.88 Å². The van der Waals surface area contributed by atoms with Gasteiger partial charge in [0.05, 0.1) is 16.6 Å². The summed E-state index contributed by atoms with van der Waals surface area (Å²) in [5.41, 5.74) is -1.11. The van der Waals surface area contributed by atoms with Gasteiger partial charge in [0, 0.05) is 18.3 Å². The molecule has 2 atom stereocenters. The maximum absolute atomic E-state index is 13.0. The number of sulfonamides is 1. The molecule has 2 rings (SSSR count). The van der Waals surface area contributed by atoms with E-state index in [1.165, 1.54) is 6.07 Å². The Morgan fingerprint density at radius 2 is 2.09 bits per heavy atom. The standard InChI is InChI=1S/C13H17F3N2O3S/c1-8(11-3-2-6-21-11)18-9-4-5-12(22(17,19)20)10(7-9)13(14,15)16/h4-5,7-8,11,18H,2-3,6H2,1H3,(H2,17,19,20). The fourth-order valence-corrected chi connectivity index (χ4v) is 3.18. The molecule has 1 aliphatic heterocycles. The lowest BCUT2D eigenvalue weighted by molar-refractivity contribution is -0.139. The van der Waals surface area contributed by atoms with E-state index in [-0.39, 0.29) is 17.8 Å². The van der Waals surface area contributed by atoms with E-state index in [9.17, 15) is 21.6 Å². The second-order valence-corrected chi connectivity index (χ2v) is 6.77. The van der Waals surface area contributed by atoms with Gasteiger partial charge in [-0.1, -0.05) is 0 Å². The molecule has 1 saturated heterocycles. The molecule has 0 saturated carbocycles. The van der Waals surface area contributed by atoms with Gasteiger partial charge in [0.15, 0.2) is 0 Å². The fraction of sp³-hybridized carbons (Fsp3) is 0.538. The minimum Gasteiger partial charge on any atom is -0.380 e. The minimum atomic E-state index is -4.81. The number of rotatable bonds is 4. The van der Waals surface area contributed by atoms with Crippen LogP contribution in [-0.2, 0) is 20.9 Å². The Balaban J connectivity index is 2.31. The Hall–Kier alpha value is -1.32. The normalized spacial score (nSPS) is 20.9. The van der Waals surface area contributed by atoms with Crippen LogP contribution >= 0.6 is 0 Å². The van der Waals surface area contributed by atoms with Crippen molar-refractivity contribution >= 4 is 15.7 Å². The predicted octanol–water partition coefficient (Wildman–Crippen LogP) is 2.33. The molecule has 0 aromatic heterocycles. The van der Waals surface area contributed by atoms with Crippen molar-refractivity contribution in [3.8, 4) is 0 Å². The first kappa shape index (κ1) is 17.0. The lowest BCUT2D eigenvalue weighted by Gasteiger charge is -2.22. The number of hydrogen-bond acceptors (Lipinski definition) is 4. The van der Waals surface area contributed by atoms with E-state index < -0.39 is 26.7 Å². The highest BCUT2D eigenvalue weighted by Crippen LogP contribution is 2.35. The lowest BCUT2D eigenvalue weighted by atomic mass is 10.1. The SMILES string of the molecule is CC(Nc1ccc(S(N)(=O)=O)c(C(F)(F)F)c1)C1CCCO1. The van der Waals surface area contributed by atoms with Gasteiger partial charge in [0.25, 0.3) is 0 Å². The third kappa shape index (κ3) is 3.90. The van der Waals surface area contributed by atoms with Gasteiger partial charge in [-0.3, -0.25) is 0 Å². The molecular weight excluding hydrogens is 321 g/mol. The highest BCUT2D eigenvalue weighted by Gasteiger charge is 2.37. The summed E-state index contributed by atoms with van der Waals surface area (Å²) >= 11 is 0. The van der Waals surface area contributed by atoms with Crippen LogP contribution in [0.4, 0.5) is 18.9 Å². The van der Waals surface area contributed by atoms with Crippen molar-refractivity contribution in [1.82, 2.24) is 0 Å². The molecule has 124 valence electrons. The zero-order valence-electron chi connectivity index (χ0n) is 11.9. The molecule has 1 heterocycles. The Bertz CT molecular complexity index is 640. The second kappa shape index (κ2) is 6.05. The molecule has 2 unspecified atom stereocenters. The van der Waals surface area contributed by atoms with Crippen molar-refractivity contribution in [2.45, 2.75) is 43.0 Å². The van der Waals surface area contributed by atoms with Crippen molar-refractivity contribution in [3.63, 3.8) is 0 Å². The largest absolute Gasteiger partial charge is 0.417 e. The third-order valence-corrected chi connectivity index (χ3v) is 4.48. The van der Waals surface area contributed by atoms with Crippen LogP contribution in [-0.4, -0.2) is 27.2 Å². The number of ether oxygens (including phenoxy) is 1. The van der Waals surface area contributed by atoms with Crippen LogP contribution in [0.2, 0.25) is 0 Å². The van der Waals surface area contributed by atoms with Gasteiger partial charge in [0.2, 0.25) is 10.0 Å². The fourth-order valence-electron chi connectivity index (χ4n) is 2.44. The number of nitrogens with two attached hydrogens (primary N) is 1. The Labute approximate surface area is 126 Å². The van der Waals surface area contributed by atoms with Crippen molar-refractivity contribution < 1.29 is 26.3 Å². The number of anilines is 1. The zero-order valence-corrected chi connectivity index (χ0v) is 12.7. The van der Waals surface area contributed by atoms with Gasteiger partial charge in [-0.2, -0.15) is 13.2 Å². The van der Waals surface area contributed by atoms with Crippen LogP contribution < -0.4 is 10.5 Å². The van der Waals surface area contributed by atoms with Gasteiger partial charge in [0.1, 0.15) is 0 Å². The third-order valence-electron chi connectivity index (χ3n) is 3.51. The van der Waals surface area contributed by atoms with Crippen molar-refractivity contribution in [2.24, 2.45) is 5.14 Å². The summed E-state index contributed by atoms with van der Waals surface area (Å²) in [6.45, 7) is 2.44. The molecule has 1 aliphatic rings. The summed E-state index contributed by atoms with van der Waals surface area (Å²) in [7, 11) is -4.45. The molecule has 1 aromatic rings. The van der Waals surface area contributed by atoms with Crippen molar-refractivity contribution in [1.29, 1.82) is 0 Å². The highest BCUT2D eigenvalue weighted by molar-refractivity contribution is 7.89. The van der Waals surface area contributed by atoms with Crippen LogP contribution in [0.25, 0.3) is 0 Å². The van der Waals surface area contributed by atoms with Gasteiger partial charge >= 0.3 is 6.18 Å². The van der Waals surface area contributed by atoms with E-state index in [1.54, 1.807) is 6.92 Å². The van der Waals surface area contributed by atoms with E-state index >= 15 is 0 Å². The van der Waals surface area contributed by atoms with Gasteiger partial charge in [-0.25, -0.2) is 13.6 Å². The van der Waals surface area contributed by atoms with Crippen LogP contribution in [0.3, 0.4) is 0 Å². The second-order valence-electron chi connectivity index (χ2n) is 5.24. The smallest absolute Gasteiger partial charge is 0.380 e. The maximum Gasteiger partial charge on any atom is 0.417 e. The molecule has 1 aromatic carbocycles. The quantitative estimate of drug-likeness (QED) is 0.883. The van der Waals surface area contributed by atoms with Gasteiger partial charge in [-0.15, -0.1) is 0 Å². The van der Waals surface area contributed by atoms with E-state index in [0.717, 1.165) is 25.0 Å². The Morgan fingerprint density at radius 1 is 1.41 bits per heavy atom. The number of primary sulfonamides is 1. The predicted molar refractivity (Wildman–Crippen MR) is 74.9 cm³/mol. The molecule has 0 aliphatic carbocycles. The minimum absolute atomic E-state index is 0.0766. The summed E-state index contributed by atoms with van der Waals surface area (Å²) in [4.78, 5) is -0.935. The number of alkyl halides is 3. The Morgan fingerprint density at radius 3 is 2.59 bits per heavy atom. The monoisotopic (exact) mass is 338 g/mol. The average Bonchev–Trinajstić information content (AvgIpc) is 2.90. The number of halogens is 3. The molecule has 0 spiro atoms. The van der Waals surface area contributed by atoms with Gasteiger partial charge < -0.3 is 10.1 Å². The summed E-state index contributed by atoms with van der Waals surface area (Å²) < 4.78 is 67.1. The average molecular weight is 338 g/mol. The van der Waals surface area contributed by atoms with Crippen LogP contribution in [0.1, 0.15) is 25.3 Å². The van der Waals surface area contributed by atoms with Crippen molar-refractivity contribution in [2.75, 3.05) is 11.9 Å². The summed E-state index contributed by atoms with van der Waals surface area (Å²) in [6.07, 6.45) is -3.15. The van der Waals surface area contributed by atoms with Crippen molar-refractivity contribution in [3.05, 3.63) is 23.8 Å². The molecule has 3 N–H and O–H groups in total. The summed E-state index contributed by atoms with van der Waals surface area (Å²) in [6, 6.07) is 2.69. The maximum atomic E-state index is 13.0. The van der Waals surface area contributed by atoms with Crippen LogP contribution in [0, 0.1) is 0 Å². The van der Waals surface area contributed by atoms with Crippen LogP contribution in [0.15, 0.2) is 23.1 Å². The van der Waals surface area contributed by atoms with Crippen LogP contribution in [0.5, 0.6) is 0 Å². The molecule has 9 heteroatoms. The topological polar surface area (TPSA) is 81.4 Å². The zero-order chi connectivity index (χ0) is 16.5. The molecule has 0 amide bonds.